The summed E-state index contributed by atoms with van der Waals surface area (Å²) in [6, 6.07) is 7.82. The van der Waals surface area contributed by atoms with E-state index >= 15 is 0 Å². The number of benzene rings is 1. The fourth-order valence-corrected chi connectivity index (χ4v) is 3.71. The number of rotatable bonds is 6. The molecule has 0 spiro atoms. The summed E-state index contributed by atoms with van der Waals surface area (Å²) in [6.07, 6.45) is 4.57. The molecule has 2 aliphatic heterocycles. The maximum absolute atomic E-state index is 12.5. The molecule has 2 heterocycles. The zero-order valence-electron chi connectivity index (χ0n) is 14.7. The maximum atomic E-state index is 12.5. The summed E-state index contributed by atoms with van der Waals surface area (Å²) in [7, 11) is 0. The van der Waals surface area contributed by atoms with Crippen LogP contribution >= 0.6 is 11.8 Å². The van der Waals surface area contributed by atoms with E-state index in [-0.39, 0.29) is 18.6 Å². The molecule has 0 saturated carbocycles. The highest BCUT2D eigenvalue weighted by atomic mass is 32.2. The molecule has 138 valence electrons. The van der Waals surface area contributed by atoms with Gasteiger partial charge in [0.1, 0.15) is 6.54 Å². The molecule has 0 aliphatic carbocycles. The van der Waals surface area contributed by atoms with E-state index in [4.69, 9.17) is 4.74 Å². The minimum absolute atomic E-state index is 0.0276. The second kappa shape index (κ2) is 8.51. The average molecular weight is 374 g/mol. The first-order valence-corrected chi connectivity index (χ1v) is 9.61. The monoisotopic (exact) mass is 374 g/mol. The third-order valence-corrected chi connectivity index (χ3v) is 5.32. The zero-order chi connectivity index (χ0) is 18.5. The Morgan fingerprint density at radius 2 is 2.12 bits per heavy atom. The van der Waals surface area contributed by atoms with Gasteiger partial charge in [0.15, 0.2) is 0 Å². The van der Waals surface area contributed by atoms with Gasteiger partial charge in [-0.3, -0.25) is 19.3 Å². The largest absolute Gasteiger partial charge is 0.376 e. The number of thioether (sulfide) groups is 1. The number of nitrogens with one attached hydrogen (secondary N) is 1. The van der Waals surface area contributed by atoms with Crippen molar-refractivity contribution in [1.29, 1.82) is 0 Å². The molecular formula is C19H22N2O4S. The molecule has 0 unspecified atom stereocenters. The van der Waals surface area contributed by atoms with Crippen LogP contribution in [0, 0.1) is 0 Å². The molecule has 2 aliphatic rings. The van der Waals surface area contributed by atoms with E-state index in [1.54, 1.807) is 6.08 Å². The van der Waals surface area contributed by atoms with E-state index < -0.39 is 11.1 Å². The highest BCUT2D eigenvalue weighted by molar-refractivity contribution is 8.18. The smallest absolute Gasteiger partial charge is 0.294 e. The first-order chi connectivity index (χ1) is 12.6. The Labute approximate surface area is 157 Å². The van der Waals surface area contributed by atoms with Gasteiger partial charge in [0.05, 0.1) is 11.0 Å². The summed E-state index contributed by atoms with van der Waals surface area (Å²) < 4.78 is 5.44. The predicted octanol–water partition coefficient (Wildman–Crippen LogP) is 2.58. The van der Waals surface area contributed by atoms with E-state index in [2.05, 4.69) is 12.2 Å². The number of hydrogen-bond donors (Lipinski definition) is 1. The summed E-state index contributed by atoms with van der Waals surface area (Å²) in [5.41, 5.74) is 2.06. The van der Waals surface area contributed by atoms with Crippen LogP contribution in [0.2, 0.25) is 0 Å². The van der Waals surface area contributed by atoms with Crippen molar-refractivity contribution in [2.45, 2.75) is 32.3 Å². The number of imide groups is 1. The molecule has 1 aromatic rings. The standard InChI is InChI=1S/C19H22N2O4S/c1-2-13-5-7-14(8-6-13)10-16-18(23)21(19(24)26-16)12-17(22)20-11-15-4-3-9-25-15/h5-8,10,15H,2-4,9,11-12H2,1H3,(H,20,22)/b16-10-/t15-/m1/s1. The van der Waals surface area contributed by atoms with Crippen LogP contribution in [0.5, 0.6) is 0 Å². The van der Waals surface area contributed by atoms with Crippen LogP contribution in [0.25, 0.3) is 6.08 Å². The van der Waals surface area contributed by atoms with Gasteiger partial charge in [-0.05, 0) is 48.2 Å². The van der Waals surface area contributed by atoms with Crippen molar-refractivity contribution in [3.63, 3.8) is 0 Å². The second-order valence-electron chi connectivity index (χ2n) is 6.30. The van der Waals surface area contributed by atoms with Crippen LogP contribution in [0.1, 0.15) is 30.9 Å². The molecule has 1 aromatic carbocycles. The van der Waals surface area contributed by atoms with E-state index in [0.717, 1.165) is 41.5 Å². The third kappa shape index (κ3) is 4.53. The normalized spacial score (nSPS) is 21.7. The molecule has 2 fully saturated rings. The van der Waals surface area contributed by atoms with Crippen LogP contribution in [-0.4, -0.2) is 47.8 Å². The van der Waals surface area contributed by atoms with Crippen molar-refractivity contribution in [1.82, 2.24) is 10.2 Å². The highest BCUT2D eigenvalue weighted by Gasteiger charge is 2.36. The summed E-state index contributed by atoms with van der Waals surface area (Å²) in [4.78, 5) is 37.9. The molecule has 0 bridgehead atoms. The molecule has 2 saturated heterocycles. The van der Waals surface area contributed by atoms with Crippen molar-refractivity contribution >= 4 is 34.9 Å². The fourth-order valence-electron chi connectivity index (χ4n) is 2.87. The van der Waals surface area contributed by atoms with Gasteiger partial charge in [0.25, 0.3) is 11.1 Å². The Hall–Kier alpha value is -2.12. The van der Waals surface area contributed by atoms with Gasteiger partial charge in [-0.1, -0.05) is 31.2 Å². The molecule has 3 rings (SSSR count). The quantitative estimate of drug-likeness (QED) is 0.775. The molecule has 1 N–H and O–H groups in total. The first kappa shape index (κ1) is 18.7. The van der Waals surface area contributed by atoms with Gasteiger partial charge >= 0.3 is 0 Å². The van der Waals surface area contributed by atoms with Crippen molar-refractivity contribution < 1.29 is 19.1 Å². The lowest BCUT2D eigenvalue weighted by Gasteiger charge is -2.14. The summed E-state index contributed by atoms with van der Waals surface area (Å²) in [6.45, 7) is 2.94. The number of carbonyl (C=O) groups is 3. The SMILES string of the molecule is CCc1ccc(/C=C2\SC(=O)N(CC(=O)NC[C@H]3CCCO3)C2=O)cc1. The number of ether oxygens (including phenoxy) is 1. The van der Waals surface area contributed by atoms with E-state index in [1.807, 2.05) is 24.3 Å². The fraction of sp³-hybridized carbons (Fsp3) is 0.421. The highest BCUT2D eigenvalue weighted by Crippen LogP contribution is 2.32. The summed E-state index contributed by atoms with van der Waals surface area (Å²) >= 11 is 0.866. The zero-order valence-corrected chi connectivity index (χ0v) is 15.5. The van der Waals surface area contributed by atoms with Gasteiger partial charge in [0.2, 0.25) is 5.91 Å². The Morgan fingerprint density at radius 3 is 2.77 bits per heavy atom. The van der Waals surface area contributed by atoms with Crippen molar-refractivity contribution in [2.24, 2.45) is 0 Å². The molecule has 0 radical (unpaired) electrons. The Balaban J connectivity index is 1.58. The lowest BCUT2D eigenvalue weighted by molar-refractivity contribution is -0.129. The van der Waals surface area contributed by atoms with Gasteiger partial charge in [-0.15, -0.1) is 0 Å². The van der Waals surface area contributed by atoms with Gasteiger partial charge in [0, 0.05) is 13.2 Å². The van der Waals surface area contributed by atoms with Crippen LogP contribution < -0.4 is 5.32 Å². The molecule has 0 aromatic heterocycles. The number of nitrogens with zero attached hydrogens (tertiary/aromatic N) is 1. The molecule has 3 amide bonds. The topological polar surface area (TPSA) is 75.7 Å². The summed E-state index contributed by atoms with van der Waals surface area (Å²) in [5.74, 6) is -0.775. The Bertz CT molecular complexity index is 724. The number of amides is 3. The van der Waals surface area contributed by atoms with Crippen LogP contribution in [-0.2, 0) is 20.7 Å². The number of aryl methyl sites for hydroxylation is 1. The molecule has 7 heteroatoms. The maximum Gasteiger partial charge on any atom is 0.294 e. The number of hydrogen-bond acceptors (Lipinski definition) is 5. The van der Waals surface area contributed by atoms with Gasteiger partial charge < -0.3 is 10.1 Å². The third-order valence-electron chi connectivity index (χ3n) is 4.41. The van der Waals surface area contributed by atoms with E-state index in [0.29, 0.717) is 18.1 Å². The van der Waals surface area contributed by atoms with Crippen LogP contribution in [0.4, 0.5) is 4.79 Å². The van der Waals surface area contributed by atoms with E-state index in [1.165, 1.54) is 5.56 Å². The summed E-state index contributed by atoms with van der Waals surface area (Å²) in [5, 5.41) is 2.31. The van der Waals surface area contributed by atoms with Crippen molar-refractivity contribution in [3.05, 3.63) is 40.3 Å². The number of carbonyl (C=O) groups excluding carboxylic acids is 3. The Kier molecular flexibility index (Phi) is 6.11. The molecule has 26 heavy (non-hydrogen) atoms. The molecular weight excluding hydrogens is 352 g/mol. The van der Waals surface area contributed by atoms with Crippen molar-refractivity contribution in [3.8, 4) is 0 Å². The lowest BCUT2D eigenvalue weighted by atomic mass is 10.1. The van der Waals surface area contributed by atoms with Gasteiger partial charge in [-0.25, -0.2) is 0 Å². The Morgan fingerprint density at radius 1 is 1.35 bits per heavy atom. The molecule has 1 atom stereocenters. The van der Waals surface area contributed by atoms with Crippen LogP contribution in [0.15, 0.2) is 29.2 Å². The average Bonchev–Trinajstić information content (AvgIpc) is 3.25. The lowest BCUT2D eigenvalue weighted by Crippen LogP contribution is -2.41. The first-order valence-electron chi connectivity index (χ1n) is 8.79. The van der Waals surface area contributed by atoms with Crippen molar-refractivity contribution in [2.75, 3.05) is 19.7 Å². The minimum atomic E-state index is -0.424. The second-order valence-corrected chi connectivity index (χ2v) is 7.30. The van der Waals surface area contributed by atoms with Crippen LogP contribution in [0.3, 0.4) is 0 Å². The predicted molar refractivity (Wildman–Crippen MR) is 100 cm³/mol. The van der Waals surface area contributed by atoms with E-state index in [9.17, 15) is 14.4 Å². The van der Waals surface area contributed by atoms with Gasteiger partial charge in [-0.2, -0.15) is 0 Å². The molecule has 6 nitrogen and oxygen atoms in total. The minimum Gasteiger partial charge on any atom is -0.376 e.